The summed E-state index contributed by atoms with van der Waals surface area (Å²) in [5.41, 5.74) is 1.96. The highest BCUT2D eigenvalue weighted by Crippen LogP contribution is 2.19. The van der Waals surface area contributed by atoms with Crippen molar-refractivity contribution < 1.29 is 9.32 Å². The molecule has 0 atom stereocenters. The predicted octanol–water partition coefficient (Wildman–Crippen LogP) is 3.04. The molecule has 26 heavy (non-hydrogen) atoms. The smallest absolute Gasteiger partial charge is 0.316 e. The third-order valence-corrected chi connectivity index (χ3v) is 4.70. The molecule has 7 nitrogen and oxygen atoms in total. The molecule has 4 rings (SSSR count). The van der Waals surface area contributed by atoms with Gasteiger partial charge in [-0.2, -0.15) is 4.98 Å². The average molecular weight is 351 g/mol. The lowest BCUT2D eigenvalue weighted by Crippen LogP contribution is -2.36. The topological polar surface area (TPSA) is 85.8 Å². The summed E-state index contributed by atoms with van der Waals surface area (Å²) >= 11 is 0. The summed E-state index contributed by atoms with van der Waals surface area (Å²) in [6, 6.07) is 8.09. The van der Waals surface area contributed by atoms with Gasteiger partial charge in [-0.15, -0.1) is 0 Å². The first-order valence-electron chi connectivity index (χ1n) is 8.97. The van der Waals surface area contributed by atoms with E-state index in [0.29, 0.717) is 5.82 Å². The second-order valence-corrected chi connectivity index (χ2v) is 6.66. The molecule has 0 radical (unpaired) electrons. The molecule has 1 fully saturated rings. The van der Waals surface area contributed by atoms with E-state index in [4.69, 9.17) is 4.52 Å². The Morgan fingerprint density at radius 2 is 2.00 bits per heavy atom. The number of benzene rings is 1. The predicted molar refractivity (Wildman–Crippen MR) is 95.4 cm³/mol. The van der Waals surface area contributed by atoms with Gasteiger partial charge in [-0.1, -0.05) is 48.7 Å². The second kappa shape index (κ2) is 7.51. The van der Waals surface area contributed by atoms with Crippen LogP contribution in [-0.4, -0.2) is 31.6 Å². The van der Waals surface area contributed by atoms with E-state index in [1.165, 1.54) is 6.42 Å². The van der Waals surface area contributed by atoms with E-state index in [2.05, 4.69) is 20.4 Å². The Balaban J connectivity index is 1.41. The van der Waals surface area contributed by atoms with Crippen LogP contribution < -0.4 is 5.32 Å². The van der Waals surface area contributed by atoms with E-state index >= 15 is 0 Å². The fraction of sp³-hybridized carbons (Fsp3) is 0.368. The van der Waals surface area contributed by atoms with Gasteiger partial charge in [0.15, 0.2) is 0 Å². The summed E-state index contributed by atoms with van der Waals surface area (Å²) in [6.45, 7) is 0.752. The number of aromatic nitrogens is 4. The minimum Gasteiger partial charge on any atom is -0.345 e. The monoisotopic (exact) mass is 351 g/mol. The number of amides is 1. The fourth-order valence-corrected chi connectivity index (χ4v) is 3.28. The van der Waals surface area contributed by atoms with E-state index in [1.54, 1.807) is 12.5 Å². The Bertz CT molecular complexity index is 848. The van der Waals surface area contributed by atoms with Gasteiger partial charge in [-0.05, 0) is 18.4 Å². The van der Waals surface area contributed by atoms with Crippen LogP contribution in [0.5, 0.6) is 0 Å². The molecule has 3 aromatic rings. The number of rotatable bonds is 5. The molecule has 1 saturated carbocycles. The zero-order valence-corrected chi connectivity index (χ0v) is 14.5. The highest BCUT2D eigenvalue weighted by atomic mass is 16.5. The summed E-state index contributed by atoms with van der Waals surface area (Å²) in [5.74, 6) is 0.161. The summed E-state index contributed by atoms with van der Waals surface area (Å²) in [6.07, 6.45) is 11.1. The van der Waals surface area contributed by atoms with Gasteiger partial charge in [-0.3, -0.25) is 4.79 Å². The Morgan fingerprint density at radius 3 is 2.73 bits per heavy atom. The van der Waals surface area contributed by atoms with Crippen molar-refractivity contribution >= 4 is 5.91 Å². The highest BCUT2D eigenvalue weighted by Gasteiger charge is 2.21. The third-order valence-electron chi connectivity index (χ3n) is 4.70. The van der Waals surface area contributed by atoms with Crippen LogP contribution in [0.15, 0.2) is 47.5 Å². The molecular weight excluding hydrogens is 330 g/mol. The Kier molecular flexibility index (Phi) is 4.77. The molecule has 1 aliphatic rings. The zero-order valence-electron chi connectivity index (χ0n) is 14.5. The number of imidazole rings is 1. The first-order valence-corrected chi connectivity index (χ1v) is 8.97. The van der Waals surface area contributed by atoms with Crippen LogP contribution in [0.1, 0.15) is 48.4 Å². The van der Waals surface area contributed by atoms with E-state index < -0.39 is 0 Å². The van der Waals surface area contributed by atoms with Gasteiger partial charge >= 0.3 is 11.8 Å². The van der Waals surface area contributed by atoms with Crippen LogP contribution >= 0.6 is 0 Å². The van der Waals surface area contributed by atoms with Gasteiger partial charge in [-0.25, -0.2) is 4.98 Å². The van der Waals surface area contributed by atoms with Crippen LogP contribution in [0.25, 0.3) is 11.4 Å². The molecule has 1 aromatic carbocycles. The standard InChI is InChI=1S/C19H21N5O2/c25-18(21-16-4-2-1-3-5-16)19-22-17(23-26-19)15-8-6-14(7-9-15)12-24-11-10-20-13-24/h6-11,13,16H,1-5,12H2,(H,21,25). The van der Waals surface area contributed by atoms with Crippen molar-refractivity contribution in [1.82, 2.24) is 25.0 Å². The first kappa shape index (κ1) is 16.5. The SMILES string of the molecule is O=C(NC1CCCCC1)c1nc(-c2ccc(Cn3ccnc3)cc2)no1. The molecule has 2 heterocycles. The molecule has 0 aliphatic heterocycles. The van der Waals surface area contributed by atoms with Gasteiger partial charge in [0, 0.05) is 30.5 Å². The van der Waals surface area contributed by atoms with Crippen LogP contribution in [0.3, 0.4) is 0 Å². The maximum absolute atomic E-state index is 12.3. The Morgan fingerprint density at radius 1 is 1.19 bits per heavy atom. The third kappa shape index (κ3) is 3.82. The zero-order chi connectivity index (χ0) is 17.8. The van der Waals surface area contributed by atoms with Crippen LogP contribution in [-0.2, 0) is 6.54 Å². The minimum absolute atomic E-state index is 0.0214. The largest absolute Gasteiger partial charge is 0.345 e. The van der Waals surface area contributed by atoms with Crippen molar-refractivity contribution in [2.75, 3.05) is 0 Å². The minimum atomic E-state index is -0.285. The molecule has 0 bridgehead atoms. The molecule has 0 spiro atoms. The van der Waals surface area contributed by atoms with Crippen molar-refractivity contribution in [2.24, 2.45) is 0 Å². The number of hydrogen-bond donors (Lipinski definition) is 1. The van der Waals surface area contributed by atoms with Gasteiger partial charge in [0.05, 0.1) is 6.33 Å². The molecule has 2 aromatic heterocycles. The second-order valence-electron chi connectivity index (χ2n) is 6.66. The average Bonchev–Trinajstić information content (AvgIpc) is 3.35. The van der Waals surface area contributed by atoms with E-state index in [1.807, 2.05) is 35.0 Å². The highest BCUT2D eigenvalue weighted by molar-refractivity contribution is 5.90. The van der Waals surface area contributed by atoms with E-state index in [9.17, 15) is 4.79 Å². The van der Waals surface area contributed by atoms with Crippen molar-refractivity contribution in [1.29, 1.82) is 0 Å². The van der Waals surface area contributed by atoms with Gasteiger partial charge < -0.3 is 14.4 Å². The summed E-state index contributed by atoms with van der Waals surface area (Å²) in [4.78, 5) is 20.6. The lowest BCUT2D eigenvalue weighted by atomic mass is 9.95. The molecule has 134 valence electrons. The van der Waals surface area contributed by atoms with Crippen molar-refractivity contribution in [3.05, 3.63) is 54.4 Å². The summed E-state index contributed by atoms with van der Waals surface area (Å²) in [7, 11) is 0. The Labute approximate surface area is 151 Å². The van der Waals surface area contributed by atoms with Crippen molar-refractivity contribution in [3.8, 4) is 11.4 Å². The normalized spacial score (nSPS) is 15.1. The quantitative estimate of drug-likeness (QED) is 0.763. The lowest BCUT2D eigenvalue weighted by molar-refractivity contribution is 0.0883. The number of hydrogen-bond acceptors (Lipinski definition) is 5. The summed E-state index contributed by atoms with van der Waals surface area (Å²) in [5, 5.41) is 6.93. The van der Waals surface area contributed by atoms with E-state index in [0.717, 1.165) is 43.4 Å². The molecule has 1 N–H and O–H groups in total. The first-order chi connectivity index (χ1) is 12.8. The number of nitrogens with one attached hydrogen (secondary N) is 1. The Hall–Kier alpha value is -2.96. The lowest BCUT2D eigenvalue weighted by Gasteiger charge is -2.21. The van der Waals surface area contributed by atoms with Crippen LogP contribution in [0.4, 0.5) is 0 Å². The number of carbonyl (C=O) groups excluding carboxylic acids is 1. The van der Waals surface area contributed by atoms with Gasteiger partial charge in [0.2, 0.25) is 5.82 Å². The van der Waals surface area contributed by atoms with Crippen molar-refractivity contribution in [3.63, 3.8) is 0 Å². The van der Waals surface area contributed by atoms with Crippen molar-refractivity contribution in [2.45, 2.75) is 44.7 Å². The number of nitrogens with zero attached hydrogens (tertiary/aromatic N) is 4. The van der Waals surface area contributed by atoms with Gasteiger partial charge in [0.1, 0.15) is 0 Å². The maximum Gasteiger partial charge on any atom is 0.316 e. The molecule has 7 heteroatoms. The maximum atomic E-state index is 12.3. The van der Waals surface area contributed by atoms with Gasteiger partial charge in [0.25, 0.3) is 0 Å². The number of carbonyl (C=O) groups is 1. The molecular formula is C19H21N5O2. The fourth-order valence-electron chi connectivity index (χ4n) is 3.28. The van der Waals surface area contributed by atoms with Crippen LogP contribution in [0.2, 0.25) is 0 Å². The molecule has 1 amide bonds. The summed E-state index contributed by atoms with van der Waals surface area (Å²) < 4.78 is 7.15. The molecule has 1 aliphatic carbocycles. The van der Waals surface area contributed by atoms with E-state index in [-0.39, 0.29) is 17.8 Å². The molecule has 0 saturated heterocycles. The molecule has 0 unspecified atom stereocenters. The van der Waals surface area contributed by atoms with Crippen LogP contribution in [0, 0.1) is 0 Å².